The lowest BCUT2D eigenvalue weighted by molar-refractivity contribution is 0.0925. The molecule has 1 aliphatic carbocycles. The first-order chi connectivity index (χ1) is 13.2. The predicted molar refractivity (Wildman–Crippen MR) is 101 cm³/mol. The average Bonchev–Trinajstić information content (AvgIpc) is 3.23. The summed E-state index contributed by atoms with van der Waals surface area (Å²) in [5, 5.41) is 3.10. The van der Waals surface area contributed by atoms with Crippen LogP contribution in [-0.2, 0) is 0 Å². The molecule has 0 spiro atoms. The van der Waals surface area contributed by atoms with Gasteiger partial charge in [0.05, 0.1) is 11.3 Å². The fourth-order valence-corrected chi connectivity index (χ4v) is 3.63. The number of H-pyrrole nitrogens is 1. The molecule has 3 aromatic rings. The maximum atomic E-state index is 13.3. The third-order valence-corrected chi connectivity index (χ3v) is 5.11. The van der Waals surface area contributed by atoms with Crippen molar-refractivity contribution in [2.24, 2.45) is 0 Å². The molecular weight excluding hydrogens is 343 g/mol. The van der Waals surface area contributed by atoms with Gasteiger partial charge in [-0.25, -0.2) is 9.37 Å². The molecular formula is C21H21FN4O. The van der Waals surface area contributed by atoms with Crippen LogP contribution >= 0.6 is 0 Å². The van der Waals surface area contributed by atoms with E-state index in [0.29, 0.717) is 22.7 Å². The number of carbonyl (C=O) groups excluding carboxylic acids is 1. The van der Waals surface area contributed by atoms with Crippen LogP contribution < -0.4 is 5.32 Å². The zero-order chi connectivity index (χ0) is 18.6. The molecule has 0 saturated heterocycles. The second kappa shape index (κ2) is 7.70. The number of nitrogens with one attached hydrogen (secondary N) is 2. The van der Waals surface area contributed by atoms with Gasteiger partial charge in [-0.15, -0.1) is 0 Å². The topological polar surface area (TPSA) is 70.7 Å². The summed E-state index contributed by atoms with van der Waals surface area (Å²) in [6, 6.07) is 9.92. The molecule has 0 radical (unpaired) electrons. The SMILES string of the molecule is O=C(NC1CCC(c2ncc[nH]2)CC1)c1ccc(-c2cccc(F)c2)nc1. The number of aromatic nitrogens is 3. The fraction of sp³-hybridized carbons (Fsp3) is 0.286. The molecule has 1 saturated carbocycles. The fourth-order valence-electron chi connectivity index (χ4n) is 3.63. The molecule has 0 unspecified atom stereocenters. The maximum Gasteiger partial charge on any atom is 0.253 e. The van der Waals surface area contributed by atoms with Crippen LogP contribution in [0, 0.1) is 5.82 Å². The minimum Gasteiger partial charge on any atom is -0.349 e. The quantitative estimate of drug-likeness (QED) is 0.733. The molecule has 1 aliphatic rings. The van der Waals surface area contributed by atoms with Crippen molar-refractivity contribution in [3.05, 3.63) is 72.2 Å². The Hall–Kier alpha value is -3.02. The third kappa shape index (κ3) is 4.05. The number of benzene rings is 1. The summed E-state index contributed by atoms with van der Waals surface area (Å²) in [5.74, 6) is 1.06. The van der Waals surface area contributed by atoms with E-state index in [1.54, 1.807) is 36.7 Å². The van der Waals surface area contributed by atoms with Crippen LogP contribution in [0.15, 0.2) is 55.0 Å². The summed E-state index contributed by atoms with van der Waals surface area (Å²) in [6.45, 7) is 0. The first kappa shape index (κ1) is 17.4. The summed E-state index contributed by atoms with van der Waals surface area (Å²) in [5.41, 5.74) is 1.85. The van der Waals surface area contributed by atoms with Gasteiger partial charge >= 0.3 is 0 Å². The van der Waals surface area contributed by atoms with Gasteiger partial charge in [0.2, 0.25) is 0 Å². The van der Waals surface area contributed by atoms with Crippen LogP contribution in [0.25, 0.3) is 11.3 Å². The van der Waals surface area contributed by atoms with Crippen LogP contribution in [0.5, 0.6) is 0 Å². The summed E-state index contributed by atoms with van der Waals surface area (Å²) in [6.07, 6.45) is 9.07. The Labute approximate surface area is 157 Å². The first-order valence-corrected chi connectivity index (χ1v) is 9.21. The molecule has 6 heteroatoms. The second-order valence-corrected chi connectivity index (χ2v) is 6.94. The van der Waals surface area contributed by atoms with Crippen molar-refractivity contribution in [1.82, 2.24) is 20.3 Å². The van der Waals surface area contributed by atoms with Crippen molar-refractivity contribution in [1.29, 1.82) is 0 Å². The van der Waals surface area contributed by atoms with Crippen LogP contribution in [-0.4, -0.2) is 26.9 Å². The van der Waals surface area contributed by atoms with Gasteiger partial charge in [0, 0.05) is 36.1 Å². The lowest BCUT2D eigenvalue weighted by Crippen LogP contribution is -2.37. The van der Waals surface area contributed by atoms with Crippen molar-refractivity contribution < 1.29 is 9.18 Å². The van der Waals surface area contributed by atoms with E-state index in [1.165, 1.54) is 12.1 Å². The van der Waals surface area contributed by atoms with Gasteiger partial charge in [0.15, 0.2) is 0 Å². The number of carbonyl (C=O) groups is 1. The summed E-state index contributed by atoms with van der Waals surface area (Å²) in [4.78, 5) is 24.3. The highest BCUT2D eigenvalue weighted by Gasteiger charge is 2.25. The van der Waals surface area contributed by atoms with E-state index < -0.39 is 0 Å². The van der Waals surface area contributed by atoms with Crippen molar-refractivity contribution >= 4 is 5.91 Å². The molecule has 2 aromatic heterocycles. The van der Waals surface area contributed by atoms with Gasteiger partial charge in [0.25, 0.3) is 5.91 Å². The number of hydrogen-bond acceptors (Lipinski definition) is 3. The number of nitrogens with zero attached hydrogens (tertiary/aromatic N) is 2. The molecule has 0 bridgehead atoms. The van der Waals surface area contributed by atoms with Gasteiger partial charge < -0.3 is 10.3 Å². The lowest BCUT2D eigenvalue weighted by Gasteiger charge is -2.28. The smallest absolute Gasteiger partial charge is 0.253 e. The molecule has 1 amide bonds. The highest BCUT2D eigenvalue weighted by Crippen LogP contribution is 2.31. The number of hydrogen-bond donors (Lipinski definition) is 2. The Bertz CT molecular complexity index is 900. The number of amides is 1. The Kier molecular flexibility index (Phi) is 4.96. The van der Waals surface area contributed by atoms with Crippen molar-refractivity contribution in [2.75, 3.05) is 0 Å². The number of halogens is 1. The molecule has 5 nitrogen and oxygen atoms in total. The van der Waals surface area contributed by atoms with Crippen molar-refractivity contribution in [3.8, 4) is 11.3 Å². The molecule has 0 aliphatic heterocycles. The van der Waals surface area contributed by atoms with Crippen LogP contribution in [0.2, 0.25) is 0 Å². The van der Waals surface area contributed by atoms with Gasteiger partial charge in [-0.05, 0) is 49.9 Å². The largest absolute Gasteiger partial charge is 0.349 e. The number of pyridine rings is 1. The van der Waals surface area contributed by atoms with E-state index >= 15 is 0 Å². The number of rotatable bonds is 4. The van der Waals surface area contributed by atoms with Gasteiger partial charge in [-0.3, -0.25) is 9.78 Å². The number of imidazole rings is 1. The molecule has 2 heterocycles. The monoisotopic (exact) mass is 364 g/mol. The van der Waals surface area contributed by atoms with E-state index in [0.717, 1.165) is 31.5 Å². The lowest BCUT2D eigenvalue weighted by atomic mass is 9.85. The van der Waals surface area contributed by atoms with E-state index in [1.807, 2.05) is 6.20 Å². The second-order valence-electron chi connectivity index (χ2n) is 6.94. The zero-order valence-electron chi connectivity index (χ0n) is 14.9. The predicted octanol–water partition coefficient (Wildman–Crippen LogP) is 4.07. The average molecular weight is 364 g/mol. The Morgan fingerprint density at radius 2 is 1.96 bits per heavy atom. The van der Waals surface area contributed by atoms with E-state index in [4.69, 9.17) is 0 Å². The van der Waals surface area contributed by atoms with Gasteiger partial charge in [-0.1, -0.05) is 12.1 Å². The Morgan fingerprint density at radius 1 is 1.11 bits per heavy atom. The number of aromatic amines is 1. The molecule has 27 heavy (non-hydrogen) atoms. The van der Waals surface area contributed by atoms with Gasteiger partial charge in [0.1, 0.15) is 11.6 Å². The summed E-state index contributed by atoms with van der Waals surface area (Å²) < 4.78 is 13.3. The minimum atomic E-state index is -0.304. The highest BCUT2D eigenvalue weighted by molar-refractivity contribution is 5.94. The molecule has 1 aromatic carbocycles. The zero-order valence-corrected chi connectivity index (χ0v) is 14.9. The van der Waals surface area contributed by atoms with Gasteiger partial charge in [-0.2, -0.15) is 0 Å². The minimum absolute atomic E-state index is 0.116. The van der Waals surface area contributed by atoms with E-state index in [-0.39, 0.29) is 17.8 Å². The van der Waals surface area contributed by atoms with Crippen LogP contribution in [0.3, 0.4) is 0 Å². The standard InChI is InChI=1S/C21H21FN4O/c22-17-3-1-2-15(12-17)19-9-6-16(13-25-19)21(27)26-18-7-4-14(5-8-18)20-23-10-11-24-20/h1-3,6,9-14,18H,4-5,7-8H2,(H,23,24)(H,26,27). The third-order valence-electron chi connectivity index (χ3n) is 5.11. The molecule has 4 rings (SSSR count). The molecule has 2 N–H and O–H groups in total. The molecule has 138 valence electrons. The van der Waals surface area contributed by atoms with Crippen LogP contribution in [0.4, 0.5) is 4.39 Å². The first-order valence-electron chi connectivity index (χ1n) is 9.21. The molecule has 0 atom stereocenters. The Balaban J connectivity index is 1.35. The Morgan fingerprint density at radius 3 is 2.63 bits per heavy atom. The highest BCUT2D eigenvalue weighted by atomic mass is 19.1. The normalized spacial score (nSPS) is 19.6. The maximum absolute atomic E-state index is 13.3. The van der Waals surface area contributed by atoms with Crippen molar-refractivity contribution in [3.63, 3.8) is 0 Å². The van der Waals surface area contributed by atoms with E-state index in [2.05, 4.69) is 20.3 Å². The summed E-state index contributed by atoms with van der Waals surface area (Å²) >= 11 is 0. The van der Waals surface area contributed by atoms with E-state index in [9.17, 15) is 9.18 Å². The molecule has 1 fully saturated rings. The van der Waals surface area contributed by atoms with Crippen molar-refractivity contribution in [2.45, 2.75) is 37.6 Å². The van der Waals surface area contributed by atoms with Crippen LogP contribution in [0.1, 0.15) is 47.8 Å². The summed E-state index contributed by atoms with van der Waals surface area (Å²) in [7, 11) is 0.